The van der Waals surface area contributed by atoms with Gasteiger partial charge in [-0.25, -0.2) is 0 Å². The van der Waals surface area contributed by atoms with Crippen LogP contribution in [0.4, 0.5) is 0 Å². The number of halogens is 1. The molecule has 0 bridgehead atoms. The van der Waals surface area contributed by atoms with Gasteiger partial charge in [0, 0.05) is 29.2 Å². The minimum atomic E-state index is -0.893. The van der Waals surface area contributed by atoms with Crippen molar-refractivity contribution in [3.63, 3.8) is 0 Å². The predicted molar refractivity (Wildman–Crippen MR) is 140 cm³/mol. The standard InChI is InChI=1S/C28H31BrN2O5/c1-3-16-14-20-26(28(36)31(2)27(20)35)21(15-32)25(16)24(34)9-7-17(22-6-4-5-11-30-22)12-18-13-19(29)8-10-23(18)33/h4-6,8,10-13,20-21,24,26,32-34H,3,7,9,14-15H2,1-2H3/b17-12-/t20-,21+,24-,26-/m1/s1. The molecule has 1 saturated heterocycles. The number of phenols is 1. The number of amides is 2. The summed E-state index contributed by atoms with van der Waals surface area (Å²) in [6.07, 6.45) is 4.50. The van der Waals surface area contributed by atoms with Gasteiger partial charge in [0.25, 0.3) is 0 Å². The smallest absolute Gasteiger partial charge is 0.233 e. The highest BCUT2D eigenvalue weighted by Crippen LogP contribution is 2.46. The molecule has 1 aromatic carbocycles. The Morgan fingerprint density at radius 1 is 1.25 bits per heavy atom. The van der Waals surface area contributed by atoms with Crippen molar-refractivity contribution in [1.29, 1.82) is 0 Å². The van der Waals surface area contributed by atoms with Gasteiger partial charge in [0.1, 0.15) is 5.75 Å². The van der Waals surface area contributed by atoms with Crippen LogP contribution in [0.2, 0.25) is 0 Å². The number of allylic oxidation sites excluding steroid dienone is 2. The number of hydrogen-bond donors (Lipinski definition) is 3. The van der Waals surface area contributed by atoms with Crippen LogP contribution in [0.5, 0.6) is 5.75 Å². The van der Waals surface area contributed by atoms with E-state index in [1.54, 1.807) is 18.3 Å². The second-order valence-corrected chi connectivity index (χ2v) is 10.3. The van der Waals surface area contributed by atoms with Gasteiger partial charge in [-0.05, 0) is 73.2 Å². The van der Waals surface area contributed by atoms with E-state index >= 15 is 0 Å². The summed E-state index contributed by atoms with van der Waals surface area (Å²) in [6, 6.07) is 10.8. The average molecular weight is 555 g/mol. The molecule has 0 radical (unpaired) electrons. The number of nitrogens with zero attached hydrogens (tertiary/aromatic N) is 2. The summed E-state index contributed by atoms with van der Waals surface area (Å²) in [6.45, 7) is 1.66. The van der Waals surface area contributed by atoms with Gasteiger partial charge in [-0.2, -0.15) is 0 Å². The van der Waals surface area contributed by atoms with Crippen LogP contribution in [-0.2, 0) is 9.59 Å². The number of carbonyl (C=O) groups is 2. The van der Waals surface area contributed by atoms with Crippen molar-refractivity contribution < 1.29 is 24.9 Å². The lowest BCUT2D eigenvalue weighted by atomic mass is 9.67. The van der Waals surface area contributed by atoms with E-state index in [9.17, 15) is 24.9 Å². The molecule has 2 heterocycles. The summed E-state index contributed by atoms with van der Waals surface area (Å²) in [5.74, 6) is -2.08. The SMILES string of the molecule is CCC1=C([C@H](O)CC/C(=C/c2cc(Br)ccc2O)c2ccccn2)[C@H](CO)[C@@H]2C(=O)N(C)C(=O)[C@@H]2C1. The lowest BCUT2D eigenvalue weighted by Gasteiger charge is -2.36. The molecule has 36 heavy (non-hydrogen) atoms. The molecule has 2 amide bonds. The molecule has 190 valence electrons. The van der Waals surface area contributed by atoms with Crippen LogP contribution >= 0.6 is 15.9 Å². The van der Waals surface area contributed by atoms with E-state index in [0.29, 0.717) is 36.8 Å². The van der Waals surface area contributed by atoms with Gasteiger partial charge in [-0.1, -0.05) is 34.5 Å². The first-order chi connectivity index (χ1) is 17.3. The summed E-state index contributed by atoms with van der Waals surface area (Å²) in [4.78, 5) is 31.1. The number of hydrogen-bond acceptors (Lipinski definition) is 6. The van der Waals surface area contributed by atoms with Crippen molar-refractivity contribution in [3.05, 3.63) is 69.5 Å². The number of rotatable bonds is 8. The van der Waals surface area contributed by atoms with Crippen molar-refractivity contribution >= 4 is 39.4 Å². The molecular formula is C28H31BrN2O5. The number of carbonyl (C=O) groups excluding carboxylic acids is 2. The van der Waals surface area contributed by atoms with Gasteiger partial charge < -0.3 is 15.3 Å². The fourth-order valence-electron chi connectivity index (χ4n) is 5.56. The van der Waals surface area contributed by atoms with Crippen molar-refractivity contribution in [2.45, 2.75) is 38.7 Å². The lowest BCUT2D eigenvalue weighted by Crippen LogP contribution is -2.38. The summed E-state index contributed by atoms with van der Waals surface area (Å²) in [5, 5.41) is 32.0. The summed E-state index contributed by atoms with van der Waals surface area (Å²) < 4.78 is 0.827. The predicted octanol–water partition coefficient (Wildman–Crippen LogP) is 4.18. The summed E-state index contributed by atoms with van der Waals surface area (Å²) >= 11 is 3.44. The molecule has 1 fully saturated rings. The highest BCUT2D eigenvalue weighted by atomic mass is 79.9. The number of likely N-dealkylation sites (tertiary alicyclic amines) is 1. The maximum atomic E-state index is 12.8. The van der Waals surface area contributed by atoms with Crippen molar-refractivity contribution in [2.75, 3.05) is 13.7 Å². The van der Waals surface area contributed by atoms with Gasteiger partial charge in [0.15, 0.2) is 0 Å². The first-order valence-electron chi connectivity index (χ1n) is 12.2. The molecule has 3 N–H and O–H groups in total. The minimum Gasteiger partial charge on any atom is -0.507 e. The number of phenolic OH excluding ortho intramolecular Hbond substituents is 1. The molecule has 1 aliphatic carbocycles. The van der Waals surface area contributed by atoms with Crippen LogP contribution in [0.15, 0.2) is 58.2 Å². The molecule has 4 rings (SSSR count). The molecule has 2 aliphatic rings. The third kappa shape index (κ3) is 5.03. The van der Waals surface area contributed by atoms with Crippen LogP contribution in [0.25, 0.3) is 11.6 Å². The number of pyridine rings is 1. The van der Waals surface area contributed by atoms with Gasteiger partial charge in [-0.15, -0.1) is 0 Å². The van der Waals surface area contributed by atoms with E-state index in [0.717, 1.165) is 26.2 Å². The zero-order valence-corrected chi connectivity index (χ0v) is 22.0. The maximum absolute atomic E-state index is 12.8. The molecule has 1 aliphatic heterocycles. The topological polar surface area (TPSA) is 111 Å². The lowest BCUT2D eigenvalue weighted by molar-refractivity contribution is -0.138. The summed E-state index contributed by atoms with van der Waals surface area (Å²) in [5.41, 5.74) is 3.81. The number of benzene rings is 1. The third-order valence-corrected chi connectivity index (χ3v) is 7.88. The fourth-order valence-corrected chi connectivity index (χ4v) is 5.94. The highest BCUT2D eigenvalue weighted by Gasteiger charge is 2.53. The van der Waals surface area contributed by atoms with Gasteiger partial charge in [0.05, 0.1) is 30.2 Å². The van der Waals surface area contributed by atoms with E-state index in [1.165, 1.54) is 7.05 Å². The first-order valence-corrected chi connectivity index (χ1v) is 13.0. The molecule has 8 heteroatoms. The van der Waals surface area contributed by atoms with E-state index in [2.05, 4.69) is 20.9 Å². The van der Waals surface area contributed by atoms with Gasteiger partial charge >= 0.3 is 0 Å². The molecule has 1 aromatic heterocycles. The monoisotopic (exact) mass is 554 g/mol. The number of aliphatic hydroxyl groups is 2. The van der Waals surface area contributed by atoms with Crippen molar-refractivity contribution in [3.8, 4) is 5.75 Å². The zero-order chi connectivity index (χ0) is 26.0. The number of aromatic nitrogens is 1. The zero-order valence-electron chi connectivity index (χ0n) is 20.4. The number of imide groups is 1. The highest BCUT2D eigenvalue weighted by molar-refractivity contribution is 9.10. The maximum Gasteiger partial charge on any atom is 0.233 e. The molecular weight excluding hydrogens is 524 g/mol. The Bertz CT molecular complexity index is 1210. The van der Waals surface area contributed by atoms with Crippen molar-refractivity contribution in [1.82, 2.24) is 9.88 Å². The van der Waals surface area contributed by atoms with Crippen LogP contribution in [0, 0.1) is 17.8 Å². The normalized spacial score (nSPS) is 23.3. The minimum absolute atomic E-state index is 0.135. The van der Waals surface area contributed by atoms with Gasteiger partial charge in [0.2, 0.25) is 11.8 Å². The Kier molecular flexibility index (Phi) is 8.07. The molecule has 7 nitrogen and oxygen atoms in total. The molecule has 0 saturated carbocycles. The summed E-state index contributed by atoms with van der Waals surface area (Å²) in [7, 11) is 1.49. The number of aliphatic hydroxyl groups excluding tert-OH is 2. The van der Waals surface area contributed by atoms with E-state index in [4.69, 9.17) is 0 Å². The fraction of sp³-hybridized carbons (Fsp3) is 0.393. The molecule has 4 atom stereocenters. The Balaban J connectivity index is 1.64. The van der Waals surface area contributed by atoms with E-state index in [-0.39, 0.29) is 24.2 Å². The van der Waals surface area contributed by atoms with Crippen LogP contribution in [0.3, 0.4) is 0 Å². The van der Waals surface area contributed by atoms with Crippen molar-refractivity contribution in [2.24, 2.45) is 17.8 Å². The third-order valence-electron chi connectivity index (χ3n) is 7.39. The second-order valence-electron chi connectivity index (χ2n) is 9.42. The Labute approximate surface area is 219 Å². The second kappa shape index (κ2) is 11.1. The Hall–Kier alpha value is -2.81. The Morgan fingerprint density at radius 3 is 2.69 bits per heavy atom. The average Bonchev–Trinajstić information content (AvgIpc) is 3.11. The Morgan fingerprint density at radius 2 is 2.03 bits per heavy atom. The van der Waals surface area contributed by atoms with Gasteiger partial charge in [-0.3, -0.25) is 19.5 Å². The van der Waals surface area contributed by atoms with Crippen LogP contribution in [0.1, 0.15) is 43.9 Å². The molecule has 0 unspecified atom stereocenters. The molecule has 0 spiro atoms. The number of aromatic hydroxyl groups is 1. The largest absolute Gasteiger partial charge is 0.507 e. The van der Waals surface area contributed by atoms with E-state index < -0.39 is 23.9 Å². The first kappa shape index (κ1) is 26.3. The van der Waals surface area contributed by atoms with Crippen LogP contribution in [-0.4, -0.2) is 56.8 Å². The van der Waals surface area contributed by atoms with Crippen LogP contribution < -0.4 is 0 Å². The van der Waals surface area contributed by atoms with E-state index in [1.807, 2.05) is 37.3 Å². The quantitative estimate of drug-likeness (QED) is 0.333. The number of fused-ring (bicyclic) bond motifs is 1. The molecule has 2 aromatic rings.